The lowest BCUT2D eigenvalue weighted by atomic mass is 10.0. The predicted molar refractivity (Wildman–Crippen MR) is 83.4 cm³/mol. The summed E-state index contributed by atoms with van der Waals surface area (Å²) in [5.74, 6) is 0.969. The van der Waals surface area contributed by atoms with Gasteiger partial charge in [-0.2, -0.15) is 0 Å². The van der Waals surface area contributed by atoms with Crippen LogP contribution in [0, 0.1) is 0 Å². The van der Waals surface area contributed by atoms with Gasteiger partial charge >= 0.3 is 0 Å². The van der Waals surface area contributed by atoms with Gasteiger partial charge in [-0.25, -0.2) is 4.98 Å². The van der Waals surface area contributed by atoms with E-state index in [1.54, 1.807) is 0 Å². The first kappa shape index (κ1) is 14.1. The molecule has 4 heteroatoms. The van der Waals surface area contributed by atoms with E-state index in [2.05, 4.69) is 47.7 Å². The lowest BCUT2D eigenvalue weighted by Crippen LogP contribution is -2.23. The average Bonchev–Trinajstić information content (AvgIpc) is 3.21. The summed E-state index contributed by atoms with van der Waals surface area (Å²) in [4.78, 5) is 4.50. The first-order valence-electron chi connectivity index (χ1n) is 7.74. The molecule has 4 nitrogen and oxygen atoms in total. The van der Waals surface area contributed by atoms with E-state index >= 15 is 0 Å². The zero-order valence-electron chi connectivity index (χ0n) is 12.7. The number of aryl methyl sites for hydroxylation is 1. The van der Waals surface area contributed by atoms with Crippen molar-refractivity contribution in [2.75, 3.05) is 6.54 Å². The standard InChI is InChI=1S/C17H23N3O/c1-3-10-18-17(16-11-20(2)12-19-16)13-4-6-14(7-5-13)21-15-8-9-15/h4-7,11-12,15,17-18H,3,8-10H2,1-2H3. The molecule has 0 radical (unpaired) electrons. The maximum absolute atomic E-state index is 5.81. The smallest absolute Gasteiger partial charge is 0.119 e. The Morgan fingerprint density at radius 3 is 2.67 bits per heavy atom. The van der Waals surface area contributed by atoms with Gasteiger partial charge in [-0.3, -0.25) is 0 Å². The molecule has 0 bridgehead atoms. The fourth-order valence-corrected chi connectivity index (χ4v) is 2.38. The Bertz CT molecular complexity index is 572. The zero-order chi connectivity index (χ0) is 14.7. The maximum Gasteiger partial charge on any atom is 0.119 e. The van der Waals surface area contributed by atoms with E-state index in [1.165, 1.54) is 18.4 Å². The molecule has 2 aromatic rings. The second-order valence-electron chi connectivity index (χ2n) is 5.74. The number of nitrogens with one attached hydrogen (secondary N) is 1. The summed E-state index contributed by atoms with van der Waals surface area (Å²) in [5, 5.41) is 3.57. The minimum Gasteiger partial charge on any atom is -0.490 e. The summed E-state index contributed by atoms with van der Waals surface area (Å²) >= 11 is 0. The summed E-state index contributed by atoms with van der Waals surface area (Å²) < 4.78 is 7.80. The molecule has 1 unspecified atom stereocenters. The number of imidazole rings is 1. The third-order valence-electron chi connectivity index (χ3n) is 3.66. The van der Waals surface area contributed by atoms with Gasteiger partial charge in [0.1, 0.15) is 5.75 Å². The van der Waals surface area contributed by atoms with E-state index in [0.29, 0.717) is 6.10 Å². The second kappa shape index (κ2) is 6.31. The number of nitrogens with zero attached hydrogens (tertiary/aromatic N) is 2. The number of aromatic nitrogens is 2. The van der Waals surface area contributed by atoms with Crippen molar-refractivity contribution in [1.82, 2.24) is 14.9 Å². The van der Waals surface area contributed by atoms with Crippen molar-refractivity contribution in [3.8, 4) is 5.75 Å². The largest absolute Gasteiger partial charge is 0.490 e. The molecule has 0 amide bonds. The Hall–Kier alpha value is -1.81. The van der Waals surface area contributed by atoms with E-state index < -0.39 is 0 Å². The molecule has 3 rings (SSSR count). The molecule has 0 spiro atoms. The summed E-state index contributed by atoms with van der Waals surface area (Å²) in [6, 6.07) is 8.55. The Morgan fingerprint density at radius 1 is 1.33 bits per heavy atom. The third-order valence-corrected chi connectivity index (χ3v) is 3.66. The van der Waals surface area contributed by atoms with Crippen LogP contribution in [0.1, 0.15) is 43.5 Å². The SMILES string of the molecule is CCCNC(c1ccc(OC2CC2)cc1)c1cn(C)cn1. The van der Waals surface area contributed by atoms with Gasteiger partial charge in [0.15, 0.2) is 0 Å². The van der Waals surface area contributed by atoms with Crippen molar-refractivity contribution in [2.24, 2.45) is 7.05 Å². The minimum absolute atomic E-state index is 0.140. The molecule has 0 aliphatic heterocycles. The second-order valence-corrected chi connectivity index (χ2v) is 5.74. The summed E-state index contributed by atoms with van der Waals surface area (Å²) in [7, 11) is 2.00. The number of benzene rings is 1. The normalized spacial score (nSPS) is 15.9. The van der Waals surface area contributed by atoms with Crippen LogP contribution in [-0.4, -0.2) is 22.2 Å². The molecule has 1 fully saturated rings. The lowest BCUT2D eigenvalue weighted by Gasteiger charge is -2.17. The van der Waals surface area contributed by atoms with Gasteiger partial charge in [-0.1, -0.05) is 19.1 Å². The minimum atomic E-state index is 0.140. The van der Waals surface area contributed by atoms with E-state index in [1.807, 2.05) is 17.9 Å². The van der Waals surface area contributed by atoms with Crippen LogP contribution in [0.5, 0.6) is 5.75 Å². The number of hydrogen-bond acceptors (Lipinski definition) is 3. The molecule has 1 saturated carbocycles. The van der Waals surface area contributed by atoms with Crippen LogP contribution in [0.25, 0.3) is 0 Å². The van der Waals surface area contributed by atoms with Crippen LogP contribution in [-0.2, 0) is 7.05 Å². The van der Waals surface area contributed by atoms with Crippen LogP contribution in [0.3, 0.4) is 0 Å². The van der Waals surface area contributed by atoms with E-state index in [9.17, 15) is 0 Å². The zero-order valence-corrected chi connectivity index (χ0v) is 12.7. The van der Waals surface area contributed by atoms with Crippen molar-refractivity contribution < 1.29 is 4.74 Å². The molecule has 1 aliphatic rings. The lowest BCUT2D eigenvalue weighted by molar-refractivity contribution is 0.303. The maximum atomic E-state index is 5.81. The van der Waals surface area contributed by atoms with Crippen molar-refractivity contribution in [2.45, 2.75) is 38.3 Å². The number of hydrogen-bond donors (Lipinski definition) is 1. The first-order valence-corrected chi connectivity index (χ1v) is 7.74. The Labute approximate surface area is 126 Å². The Balaban J connectivity index is 1.77. The fourth-order valence-electron chi connectivity index (χ4n) is 2.38. The van der Waals surface area contributed by atoms with Gasteiger partial charge in [0.2, 0.25) is 0 Å². The van der Waals surface area contributed by atoms with Crippen molar-refractivity contribution in [1.29, 1.82) is 0 Å². The molecule has 1 aromatic carbocycles. The van der Waals surface area contributed by atoms with Crippen LogP contribution in [0.4, 0.5) is 0 Å². The van der Waals surface area contributed by atoms with Crippen molar-refractivity contribution >= 4 is 0 Å². The Kier molecular flexibility index (Phi) is 4.25. The van der Waals surface area contributed by atoms with E-state index in [4.69, 9.17) is 4.74 Å². The highest BCUT2D eigenvalue weighted by Crippen LogP contribution is 2.28. The summed E-state index contributed by atoms with van der Waals surface area (Å²) in [6.45, 7) is 3.15. The predicted octanol–water partition coefficient (Wildman–Crippen LogP) is 3.05. The molecule has 1 atom stereocenters. The quantitative estimate of drug-likeness (QED) is 0.850. The molecule has 1 aliphatic carbocycles. The van der Waals surface area contributed by atoms with Crippen LogP contribution < -0.4 is 10.1 Å². The van der Waals surface area contributed by atoms with Gasteiger partial charge in [0.05, 0.1) is 24.2 Å². The van der Waals surface area contributed by atoms with Crippen LogP contribution in [0.2, 0.25) is 0 Å². The monoisotopic (exact) mass is 285 g/mol. The van der Waals surface area contributed by atoms with Gasteiger partial charge < -0.3 is 14.6 Å². The first-order chi connectivity index (χ1) is 10.3. The van der Waals surface area contributed by atoms with Crippen LogP contribution in [0.15, 0.2) is 36.8 Å². The van der Waals surface area contributed by atoms with Crippen molar-refractivity contribution in [3.05, 3.63) is 48.0 Å². The molecule has 1 aromatic heterocycles. The van der Waals surface area contributed by atoms with Crippen molar-refractivity contribution in [3.63, 3.8) is 0 Å². The third kappa shape index (κ3) is 3.64. The van der Waals surface area contributed by atoms with Gasteiger partial charge in [-0.15, -0.1) is 0 Å². The highest BCUT2D eigenvalue weighted by atomic mass is 16.5. The molecule has 1 heterocycles. The molecule has 1 N–H and O–H groups in total. The topological polar surface area (TPSA) is 39.1 Å². The highest BCUT2D eigenvalue weighted by molar-refractivity contribution is 5.33. The van der Waals surface area contributed by atoms with E-state index in [-0.39, 0.29) is 6.04 Å². The van der Waals surface area contributed by atoms with Gasteiger partial charge in [0, 0.05) is 13.2 Å². The fraction of sp³-hybridized carbons (Fsp3) is 0.471. The van der Waals surface area contributed by atoms with E-state index in [0.717, 1.165) is 24.4 Å². The highest BCUT2D eigenvalue weighted by Gasteiger charge is 2.23. The summed E-state index contributed by atoms with van der Waals surface area (Å²) in [6.07, 6.45) is 7.85. The molecular formula is C17H23N3O. The molecule has 112 valence electrons. The van der Waals surface area contributed by atoms with Gasteiger partial charge in [-0.05, 0) is 43.5 Å². The Morgan fingerprint density at radius 2 is 2.10 bits per heavy atom. The van der Waals surface area contributed by atoms with Crippen LogP contribution >= 0.6 is 0 Å². The molecular weight excluding hydrogens is 262 g/mol. The molecule has 21 heavy (non-hydrogen) atoms. The number of ether oxygens (including phenoxy) is 1. The van der Waals surface area contributed by atoms with Gasteiger partial charge in [0.25, 0.3) is 0 Å². The molecule has 0 saturated heterocycles. The summed E-state index contributed by atoms with van der Waals surface area (Å²) in [5.41, 5.74) is 2.28. The average molecular weight is 285 g/mol. The number of rotatable bonds is 7.